The van der Waals surface area contributed by atoms with Crippen LogP contribution in [0.5, 0.6) is 0 Å². The smallest absolute Gasteiger partial charge is 0.00166 e. The average Bonchev–Trinajstić information content (AvgIpc) is 3.64. The van der Waals surface area contributed by atoms with Crippen molar-refractivity contribution in [3.05, 3.63) is 128 Å². The predicted molar refractivity (Wildman–Crippen MR) is 158 cm³/mol. The first-order valence-electron chi connectivity index (χ1n) is 14.0. The summed E-state index contributed by atoms with van der Waals surface area (Å²) in [6.07, 6.45) is 17.2. The van der Waals surface area contributed by atoms with Crippen molar-refractivity contribution >= 4 is 32.7 Å². The van der Waals surface area contributed by atoms with Gasteiger partial charge in [-0.05, 0) is 159 Å². The molecular weight excluding hydrogens is 444 g/mol. The number of benzene rings is 4. The third kappa shape index (κ3) is 3.35. The minimum Gasteiger partial charge on any atom is -0.0798 e. The lowest BCUT2D eigenvalue weighted by molar-refractivity contribution is 0.814. The minimum absolute atomic E-state index is 1.11. The number of allylic oxidation sites excluding steroid dienone is 8. The van der Waals surface area contributed by atoms with Gasteiger partial charge in [-0.2, -0.15) is 0 Å². The van der Waals surface area contributed by atoms with Gasteiger partial charge in [0.05, 0.1) is 0 Å². The fourth-order valence-corrected chi connectivity index (χ4v) is 7.39. The van der Waals surface area contributed by atoms with E-state index in [9.17, 15) is 0 Å². The van der Waals surface area contributed by atoms with E-state index in [0.717, 1.165) is 38.5 Å². The molecule has 4 aromatic rings. The van der Waals surface area contributed by atoms with Gasteiger partial charge >= 0.3 is 0 Å². The molecule has 0 unspecified atom stereocenters. The Hall–Kier alpha value is -3.64. The molecule has 4 aliphatic rings. The molecule has 0 saturated heterocycles. The summed E-state index contributed by atoms with van der Waals surface area (Å²) < 4.78 is 0. The van der Waals surface area contributed by atoms with Gasteiger partial charge in [-0.1, -0.05) is 60.7 Å². The molecule has 0 nitrogen and oxygen atoms in total. The molecule has 0 atom stereocenters. The second-order valence-corrected chi connectivity index (χ2v) is 11.7. The van der Waals surface area contributed by atoms with E-state index < -0.39 is 0 Å². The summed E-state index contributed by atoms with van der Waals surface area (Å²) in [5.74, 6) is 0. The summed E-state index contributed by atoms with van der Waals surface area (Å²) in [6.45, 7) is 4.59. The van der Waals surface area contributed by atoms with Crippen LogP contribution in [0.4, 0.5) is 0 Å². The van der Waals surface area contributed by atoms with Crippen molar-refractivity contribution in [2.75, 3.05) is 0 Å². The molecule has 0 spiro atoms. The zero-order chi connectivity index (χ0) is 24.7. The van der Waals surface area contributed by atoms with Crippen molar-refractivity contribution in [2.24, 2.45) is 0 Å². The van der Waals surface area contributed by atoms with Gasteiger partial charge in [0.1, 0.15) is 0 Å². The molecule has 0 radical (unpaired) electrons. The molecule has 0 bridgehead atoms. The number of aryl methyl sites for hydroxylation is 4. The van der Waals surface area contributed by atoms with Gasteiger partial charge in [0, 0.05) is 0 Å². The Labute approximate surface area is 219 Å². The fraction of sp³-hybridized carbons (Fsp3) is 0.243. The van der Waals surface area contributed by atoms with E-state index in [1.165, 1.54) is 83.6 Å². The molecule has 180 valence electrons. The third-order valence-electron chi connectivity index (χ3n) is 9.40. The summed E-state index contributed by atoms with van der Waals surface area (Å²) >= 11 is 0. The Balaban J connectivity index is 1.05. The average molecular weight is 477 g/mol. The van der Waals surface area contributed by atoms with Crippen LogP contribution in [-0.2, 0) is 25.7 Å². The highest BCUT2D eigenvalue weighted by Crippen LogP contribution is 2.43. The van der Waals surface area contributed by atoms with Crippen molar-refractivity contribution < 1.29 is 0 Å². The molecule has 0 aromatic heterocycles. The number of rotatable bonds is 4. The van der Waals surface area contributed by atoms with Gasteiger partial charge in [-0.3, -0.25) is 0 Å². The summed E-state index contributed by atoms with van der Waals surface area (Å²) in [5.41, 5.74) is 18.1. The van der Waals surface area contributed by atoms with E-state index in [1.54, 1.807) is 11.1 Å². The normalized spacial score (nSPS) is 16.9. The monoisotopic (exact) mass is 476 g/mol. The Morgan fingerprint density at radius 2 is 1.00 bits per heavy atom. The van der Waals surface area contributed by atoms with E-state index in [4.69, 9.17) is 0 Å². The lowest BCUT2D eigenvalue weighted by Gasteiger charge is -2.13. The highest BCUT2D eigenvalue weighted by molar-refractivity contribution is 5.94. The predicted octanol–water partition coefficient (Wildman–Crippen LogP) is 9.32. The quantitative estimate of drug-likeness (QED) is 0.275. The van der Waals surface area contributed by atoms with Crippen LogP contribution >= 0.6 is 0 Å². The number of fused-ring (bicyclic) bond motifs is 6. The first kappa shape index (κ1) is 21.4. The van der Waals surface area contributed by atoms with Crippen LogP contribution in [0.3, 0.4) is 0 Å². The molecule has 0 aliphatic heterocycles. The zero-order valence-electron chi connectivity index (χ0n) is 21.9. The number of hydrogen-bond donors (Lipinski definition) is 0. The Kier molecular flexibility index (Phi) is 4.59. The van der Waals surface area contributed by atoms with Gasteiger partial charge in [0.15, 0.2) is 0 Å². The third-order valence-corrected chi connectivity index (χ3v) is 9.40. The van der Waals surface area contributed by atoms with Crippen LogP contribution in [0, 0.1) is 13.8 Å². The van der Waals surface area contributed by atoms with Gasteiger partial charge < -0.3 is 0 Å². The van der Waals surface area contributed by atoms with E-state index in [1.807, 2.05) is 0 Å². The molecule has 0 amide bonds. The van der Waals surface area contributed by atoms with Gasteiger partial charge in [0.25, 0.3) is 0 Å². The van der Waals surface area contributed by atoms with E-state index in [0.29, 0.717) is 0 Å². The van der Waals surface area contributed by atoms with Gasteiger partial charge in [0.2, 0.25) is 0 Å². The Bertz CT molecular complexity index is 1660. The summed E-state index contributed by atoms with van der Waals surface area (Å²) in [7, 11) is 0. The molecule has 8 rings (SSSR count). The molecule has 37 heavy (non-hydrogen) atoms. The molecule has 4 aliphatic carbocycles. The van der Waals surface area contributed by atoms with Crippen molar-refractivity contribution in [1.29, 1.82) is 0 Å². The van der Waals surface area contributed by atoms with E-state index in [-0.39, 0.29) is 0 Å². The SMILES string of the molecule is Cc1cc2cc3c(cc2cc1CCCc1cc2cc4c(cc2cc1C)CC1=C4CC=C1)C1=C(C=CC1)C3. The molecule has 0 heteroatoms. The van der Waals surface area contributed by atoms with Crippen LogP contribution in [0.25, 0.3) is 32.7 Å². The molecule has 0 saturated carbocycles. The molecule has 0 N–H and O–H groups in total. The lowest BCUT2D eigenvalue weighted by Crippen LogP contribution is -1.97. The van der Waals surface area contributed by atoms with Crippen LogP contribution in [0.1, 0.15) is 63.8 Å². The maximum atomic E-state index is 2.48. The molecular formula is C37H32. The minimum atomic E-state index is 1.11. The van der Waals surface area contributed by atoms with Crippen molar-refractivity contribution in [3.8, 4) is 0 Å². The Morgan fingerprint density at radius 3 is 1.49 bits per heavy atom. The second-order valence-electron chi connectivity index (χ2n) is 11.7. The maximum absolute atomic E-state index is 2.48. The summed E-state index contributed by atoms with van der Waals surface area (Å²) in [6, 6.07) is 19.6. The van der Waals surface area contributed by atoms with Crippen LogP contribution < -0.4 is 0 Å². The van der Waals surface area contributed by atoms with Crippen molar-refractivity contribution in [1.82, 2.24) is 0 Å². The van der Waals surface area contributed by atoms with Crippen LogP contribution in [0.15, 0.2) is 84.0 Å². The molecule has 0 heterocycles. The maximum Gasteiger partial charge on any atom is -0.00166 e. The number of hydrogen-bond acceptors (Lipinski definition) is 0. The van der Waals surface area contributed by atoms with Crippen molar-refractivity contribution in [2.45, 2.75) is 58.8 Å². The molecule has 0 fully saturated rings. The van der Waals surface area contributed by atoms with Gasteiger partial charge in [-0.25, -0.2) is 0 Å². The van der Waals surface area contributed by atoms with Crippen LogP contribution in [-0.4, -0.2) is 0 Å². The first-order chi connectivity index (χ1) is 18.1. The largest absolute Gasteiger partial charge is 0.0798 e. The fourth-order valence-electron chi connectivity index (χ4n) is 7.39. The van der Waals surface area contributed by atoms with E-state index in [2.05, 4.69) is 86.7 Å². The standard InChI is InChI=1S/C37H32/c1-22-12-28-18-32-16-26-8-4-10-34(26)36(32)20-30(28)14-24(22)6-3-7-25-15-31-21-37-33(19-29(31)13-23(25)2)17-27-9-5-11-35(27)37/h4-5,8-9,12-15,18-21H,3,6-7,10-11,16-17H2,1-2H3. The van der Waals surface area contributed by atoms with Gasteiger partial charge in [-0.15, -0.1) is 0 Å². The summed E-state index contributed by atoms with van der Waals surface area (Å²) in [5, 5.41) is 5.62. The topological polar surface area (TPSA) is 0 Å². The van der Waals surface area contributed by atoms with E-state index >= 15 is 0 Å². The highest BCUT2D eigenvalue weighted by atomic mass is 14.3. The zero-order valence-corrected chi connectivity index (χ0v) is 21.9. The second kappa shape index (κ2) is 7.93. The van der Waals surface area contributed by atoms with Crippen molar-refractivity contribution in [3.63, 3.8) is 0 Å². The first-order valence-corrected chi connectivity index (χ1v) is 14.0. The molecule has 4 aromatic carbocycles. The Morgan fingerprint density at radius 1 is 0.541 bits per heavy atom. The highest BCUT2D eigenvalue weighted by Gasteiger charge is 2.24. The van der Waals surface area contributed by atoms with Crippen LogP contribution in [0.2, 0.25) is 0 Å². The summed E-state index contributed by atoms with van der Waals surface area (Å²) in [4.78, 5) is 0. The lowest BCUT2D eigenvalue weighted by atomic mass is 9.91.